The summed E-state index contributed by atoms with van der Waals surface area (Å²) in [5.74, 6) is -1.16. The Labute approximate surface area is 53.0 Å². The van der Waals surface area contributed by atoms with Crippen molar-refractivity contribution in [1.82, 2.24) is 0 Å². The summed E-state index contributed by atoms with van der Waals surface area (Å²) >= 11 is 0. The molecule has 9 heavy (non-hydrogen) atoms. The van der Waals surface area contributed by atoms with Crippen molar-refractivity contribution in [1.29, 1.82) is 0 Å². The fraction of sp³-hybridized carbons (Fsp3) is 0.800. The van der Waals surface area contributed by atoms with E-state index >= 15 is 0 Å². The van der Waals surface area contributed by atoms with E-state index in [1.165, 1.54) is 6.92 Å². The Hall–Kier alpha value is -0.610. The van der Waals surface area contributed by atoms with Crippen LogP contribution in [-0.4, -0.2) is 21.9 Å². The van der Waals surface area contributed by atoms with E-state index in [4.69, 9.17) is 10.4 Å². The molecule has 0 rings (SSSR count). The van der Waals surface area contributed by atoms with Crippen molar-refractivity contribution in [2.24, 2.45) is 0 Å². The van der Waals surface area contributed by atoms with E-state index in [2.05, 4.69) is 4.89 Å². The lowest BCUT2D eigenvalue weighted by Crippen LogP contribution is -2.36. The first-order valence-electron chi connectivity index (χ1n) is 2.63. The molecule has 54 valence electrons. The molecule has 1 atom stereocenters. The molecule has 0 aromatic heterocycles. The summed E-state index contributed by atoms with van der Waals surface area (Å²) in [6.45, 7) is 2.92. The highest BCUT2D eigenvalue weighted by Crippen LogP contribution is 2.12. The Morgan fingerprint density at radius 3 is 2.22 bits per heavy atom. The Morgan fingerprint density at radius 1 is 1.78 bits per heavy atom. The van der Waals surface area contributed by atoms with Gasteiger partial charge >= 0.3 is 5.97 Å². The van der Waals surface area contributed by atoms with Gasteiger partial charge in [0, 0.05) is 0 Å². The van der Waals surface area contributed by atoms with Crippen LogP contribution in [0.5, 0.6) is 0 Å². The van der Waals surface area contributed by atoms with Crippen LogP contribution < -0.4 is 0 Å². The molecule has 0 saturated heterocycles. The van der Waals surface area contributed by atoms with Crippen LogP contribution >= 0.6 is 0 Å². The zero-order chi connectivity index (χ0) is 7.49. The first-order chi connectivity index (χ1) is 4.06. The largest absolute Gasteiger partial charge is 0.479 e. The van der Waals surface area contributed by atoms with Crippen LogP contribution in [0.3, 0.4) is 0 Å². The molecule has 0 aromatic carbocycles. The minimum Gasteiger partial charge on any atom is -0.479 e. The van der Waals surface area contributed by atoms with E-state index in [-0.39, 0.29) is 6.42 Å². The fourth-order valence-corrected chi connectivity index (χ4v) is 0.255. The van der Waals surface area contributed by atoms with Gasteiger partial charge in [-0.1, -0.05) is 6.92 Å². The molecule has 0 aliphatic carbocycles. The molecule has 4 heteroatoms. The molecule has 2 N–H and O–H groups in total. The standard InChI is InChI=1S/C5H10O4/c1-3-5(2,9-8)4(6)7/h8H,3H2,1-2H3,(H,6,7). The van der Waals surface area contributed by atoms with Crippen LogP contribution in [0.2, 0.25) is 0 Å². The number of rotatable bonds is 3. The first-order valence-corrected chi connectivity index (χ1v) is 2.63. The van der Waals surface area contributed by atoms with Gasteiger partial charge in [0.25, 0.3) is 0 Å². The van der Waals surface area contributed by atoms with Crippen molar-refractivity contribution in [2.45, 2.75) is 25.9 Å². The predicted molar refractivity (Wildman–Crippen MR) is 30.0 cm³/mol. The number of carbonyl (C=O) groups is 1. The third-order valence-corrected chi connectivity index (χ3v) is 1.33. The average Bonchev–Trinajstić information content (AvgIpc) is 1.86. The van der Waals surface area contributed by atoms with Crippen molar-refractivity contribution in [2.75, 3.05) is 0 Å². The smallest absolute Gasteiger partial charge is 0.339 e. The maximum absolute atomic E-state index is 10.2. The number of aliphatic carboxylic acids is 1. The van der Waals surface area contributed by atoms with Crippen molar-refractivity contribution in [3.05, 3.63) is 0 Å². The number of carboxylic acid groups (broad SMARTS) is 1. The summed E-state index contributed by atoms with van der Waals surface area (Å²) in [6, 6.07) is 0. The molecule has 0 spiro atoms. The third-order valence-electron chi connectivity index (χ3n) is 1.33. The zero-order valence-corrected chi connectivity index (χ0v) is 5.42. The van der Waals surface area contributed by atoms with E-state index in [1.807, 2.05) is 0 Å². The van der Waals surface area contributed by atoms with E-state index in [0.717, 1.165) is 0 Å². The highest BCUT2D eigenvalue weighted by atomic mass is 17.1. The third kappa shape index (κ3) is 1.65. The van der Waals surface area contributed by atoms with Crippen LogP contribution in [0.1, 0.15) is 20.3 Å². The Kier molecular flexibility index (Phi) is 2.61. The van der Waals surface area contributed by atoms with E-state index in [0.29, 0.717) is 0 Å². The van der Waals surface area contributed by atoms with Gasteiger partial charge in [-0.25, -0.2) is 9.68 Å². The van der Waals surface area contributed by atoms with E-state index < -0.39 is 11.6 Å². The summed E-state index contributed by atoms with van der Waals surface area (Å²) in [5, 5.41) is 16.4. The predicted octanol–water partition coefficient (Wildman–Crippen LogP) is 0.729. The second-order valence-corrected chi connectivity index (χ2v) is 1.98. The highest BCUT2D eigenvalue weighted by Gasteiger charge is 2.32. The van der Waals surface area contributed by atoms with Gasteiger partial charge in [0.15, 0.2) is 5.60 Å². The second kappa shape index (κ2) is 2.80. The molecule has 0 aliphatic heterocycles. The van der Waals surface area contributed by atoms with Crippen molar-refractivity contribution in [3.8, 4) is 0 Å². The Morgan fingerprint density at radius 2 is 2.22 bits per heavy atom. The maximum atomic E-state index is 10.2. The molecule has 0 aromatic rings. The quantitative estimate of drug-likeness (QED) is 0.441. The summed E-state index contributed by atoms with van der Waals surface area (Å²) < 4.78 is 0. The number of hydrogen-bond acceptors (Lipinski definition) is 3. The normalized spacial score (nSPS) is 16.8. The lowest BCUT2D eigenvalue weighted by atomic mass is 10.1. The van der Waals surface area contributed by atoms with E-state index in [1.54, 1.807) is 6.92 Å². The first kappa shape index (κ1) is 8.39. The average molecular weight is 134 g/mol. The minimum atomic E-state index is -1.44. The fourth-order valence-electron chi connectivity index (χ4n) is 0.255. The van der Waals surface area contributed by atoms with Crippen molar-refractivity contribution in [3.63, 3.8) is 0 Å². The van der Waals surface area contributed by atoms with Crippen LogP contribution in [-0.2, 0) is 9.68 Å². The molecule has 0 saturated carbocycles. The SMILES string of the molecule is CCC(C)(OO)C(=O)O. The zero-order valence-electron chi connectivity index (χ0n) is 5.42. The lowest BCUT2D eigenvalue weighted by Gasteiger charge is -2.17. The second-order valence-electron chi connectivity index (χ2n) is 1.98. The summed E-state index contributed by atoms with van der Waals surface area (Å²) in [4.78, 5) is 13.9. The lowest BCUT2D eigenvalue weighted by molar-refractivity contribution is -0.312. The van der Waals surface area contributed by atoms with Crippen LogP contribution in [0.4, 0.5) is 0 Å². The van der Waals surface area contributed by atoms with Crippen molar-refractivity contribution >= 4 is 5.97 Å². The summed E-state index contributed by atoms with van der Waals surface area (Å²) in [6.07, 6.45) is 0.235. The van der Waals surface area contributed by atoms with Gasteiger partial charge in [0.2, 0.25) is 0 Å². The van der Waals surface area contributed by atoms with Crippen LogP contribution in [0.25, 0.3) is 0 Å². The van der Waals surface area contributed by atoms with Gasteiger partial charge in [-0.3, -0.25) is 5.26 Å². The molecule has 0 heterocycles. The number of carboxylic acids is 1. The van der Waals surface area contributed by atoms with E-state index in [9.17, 15) is 4.79 Å². The topological polar surface area (TPSA) is 66.8 Å². The molecular weight excluding hydrogens is 124 g/mol. The molecule has 4 nitrogen and oxygen atoms in total. The van der Waals surface area contributed by atoms with Gasteiger partial charge in [0.1, 0.15) is 0 Å². The van der Waals surface area contributed by atoms with Gasteiger partial charge < -0.3 is 5.11 Å². The number of hydrogen-bond donors (Lipinski definition) is 2. The van der Waals surface area contributed by atoms with Crippen molar-refractivity contribution < 1.29 is 20.0 Å². The van der Waals surface area contributed by atoms with Gasteiger partial charge in [-0.15, -0.1) is 0 Å². The molecular formula is C5H10O4. The molecule has 1 unspecified atom stereocenters. The monoisotopic (exact) mass is 134 g/mol. The molecule has 0 fully saturated rings. The molecule has 0 amide bonds. The highest BCUT2D eigenvalue weighted by molar-refractivity contribution is 5.76. The van der Waals surface area contributed by atoms with Crippen LogP contribution in [0, 0.1) is 0 Å². The summed E-state index contributed by atoms with van der Waals surface area (Å²) in [7, 11) is 0. The maximum Gasteiger partial charge on any atom is 0.339 e. The molecule has 0 bridgehead atoms. The molecule has 0 aliphatic rings. The Balaban J connectivity index is 4.09. The van der Waals surface area contributed by atoms with Gasteiger partial charge in [0.05, 0.1) is 0 Å². The molecule has 0 radical (unpaired) electrons. The summed E-state index contributed by atoms with van der Waals surface area (Å²) in [5.41, 5.74) is -1.44. The van der Waals surface area contributed by atoms with Gasteiger partial charge in [-0.05, 0) is 13.3 Å². The van der Waals surface area contributed by atoms with Gasteiger partial charge in [-0.2, -0.15) is 0 Å². The van der Waals surface area contributed by atoms with Crippen LogP contribution in [0.15, 0.2) is 0 Å². The minimum absolute atomic E-state index is 0.235. The Bertz CT molecular complexity index is 106.